The number of carbonyl (C=O) groups excluding carboxylic acids is 2. The Bertz CT molecular complexity index is 312. The lowest BCUT2D eigenvalue weighted by Gasteiger charge is -2.24. The first-order valence-electron chi connectivity index (χ1n) is 6.52. The van der Waals surface area contributed by atoms with Crippen molar-refractivity contribution in [3.63, 3.8) is 0 Å². The highest BCUT2D eigenvalue weighted by molar-refractivity contribution is 5.81. The molecule has 0 saturated carbocycles. The highest BCUT2D eigenvalue weighted by atomic mass is 16.6. The molecule has 0 fully saturated rings. The lowest BCUT2D eigenvalue weighted by atomic mass is 9.89. The van der Waals surface area contributed by atoms with E-state index in [1.807, 2.05) is 0 Å². The Morgan fingerprint density at radius 3 is 2.00 bits per heavy atom. The third-order valence-corrected chi connectivity index (χ3v) is 2.36. The smallest absolute Gasteiger partial charge is 0.408 e. The second kappa shape index (κ2) is 6.78. The summed E-state index contributed by atoms with van der Waals surface area (Å²) in [6.45, 7) is 11.6. The largest absolute Gasteiger partial charge is 0.467 e. The van der Waals surface area contributed by atoms with Gasteiger partial charge in [0.25, 0.3) is 0 Å². The fraction of sp³-hybridized carbons (Fsp3) is 0.857. The van der Waals surface area contributed by atoms with Crippen molar-refractivity contribution in [2.45, 2.75) is 66.0 Å². The second-order valence-corrected chi connectivity index (χ2v) is 6.82. The van der Waals surface area contributed by atoms with Crippen molar-refractivity contribution in [3.05, 3.63) is 0 Å². The van der Waals surface area contributed by atoms with Gasteiger partial charge in [0.1, 0.15) is 11.6 Å². The van der Waals surface area contributed by atoms with Crippen molar-refractivity contribution < 1.29 is 19.1 Å². The Balaban J connectivity index is 4.52. The molecule has 0 bridgehead atoms. The van der Waals surface area contributed by atoms with Crippen molar-refractivity contribution in [1.29, 1.82) is 0 Å². The third-order valence-electron chi connectivity index (χ3n) is 2.36. The average molecular weight is 273 g/mol. The summed E-state index contributed by atoms with van der Waals surface area (Å²) in [5, 5.41) is 2.56. The zero-order valence-corrected chi connectivity index (χ0v) is 13.1. The van der Waals surface area contributed by atoms with E-state index < -0.39 is 23.7 Å². The van der Waals surface area contributed by atoms with E-state index in [1.54, 1.807) is 20.8 Å². The van der Waals surface area contributed by atoms with Gasteiger partial charge in [-0.3, -0.25) is 0 Å². The molecule has 0 spiro atoms. The predicted molar refractivity (Wildman–Crippen MR) is 73.9 cm³/mol. The molecule has 0 aliphatic heterocycles. The average Bonchev–Trinajstić information content (AvgIpc) is 2.19. The van der Waals surface area contributed by atoms with Gasteiger partial charge in [0.15, 0.2) is 0 Å². The van der Waals surface area contributed by atoms with E-state index in [1.165, 1.54) is 7.11 Å². The molecule has 0 aliphatic carbocycles. The molecule has 0 rings (SSSR count). The maximum atomic E-state index is 11.7. The maximum Gasteiger partial charge on any atom is 0.408 e. The molecule has 0 aromatic heterocycles. The summed E-state index contributed by atoms with van der Waals surface area (Å²) in [6.07, 6.45) is 0.717. The van der Waals surface area contributed by atoms with E-state index in [0.717, 1.165) is 6.42 Å². The van der Waals surface area contributed by atoms with Crippen LogP contribution in [-0.4, -0.2) is 30.8 Å². The van der Waals surface area contributed by atoms with Crippen LogP contribution < -0.4 is 5.32 Å². The number of ether oxygens (including phenoxy) is 2. The number of amides is 1. The van der Waals surface area contributed by atoms with Crippen LogP contribution in [0, 0.1) is 5.41 Å². The first-order chi connectivity index (χ1) is 8.44. The number of methoxy groups -OCH3 is 1. The van der Waals surface area contributed by atoms with E-state index in [9.17, 15) is 9.59 Å². The number of alkyl carbamates (subject to hydrolysis) is 1. The molecule has 112 valence electrons. The molecule has 0 aliphatic rings. The van der Waals surface area contributed by atoms with E-state index >= 15 is 0 Å². The number of esters is 1. The van der Waals surface area contributed by atoms with Crippen LogP contribution in [0.5, 0.6) is 0 Å². The molecule has 0 saturated heterocycles. The minimum atomic E-state index is -0.668. The summed E-state index contributed by atoms with van der Waals surface area (Å²) < 4.78 is 9.84. The zero-order chi connectivity index (χ0) is 15.3. The topological polar surface area (TPSA) is 64.6 Å². The molecule has 1 atom stereocenters. The standard InChI is InChI=1S/C14H27NO4/c1-13(2,3)9-8-10(11(16)18-7)15-12(17)19-14(4,5)6/h10H,8-9H2,1-7H3,(H,15,17)/t10-/m1/s1. The molecule has 5 nitrogen and oxygen atoms in total. The number of carbonyl (C=O) groups is 2. The van der Waals surface area contributed by atoms with E-state index in [2.05, 4.69) is 26.1 Å². The summed E-state index contributed by atoms with van der Waals surface area (Å²) in [7, 11) is 1.31. The summed E-state index contributed by atoms with van der Waals surface area (Å²) in [5.74, 6) is -0.449. The number of hydrogen-bond acceptors (Lipinski definition) is 4. The van der Waals surface area contributed by atoms with Crippen LogP contribution in [0.15, 0.2) is 0 Å². The molecule has 0 unspecified atom stereocenters. The van der Waals surface area contributed by atoms with Gasteiger partial charge in [0.2, 0.25) is 0 Å². The van der Waals surface area contributed by atoms with Crippen molar-refractivity contribution >= 4 is 12.1 Å². The fourth-order valence-electron chi connectivity index (χ4n) is 1.42. The van der Waals surface area contributed by atoms with Crippen molar-refractivity contribution in [2.24, 2.45) is 5.41 Å². The number of nitrogens with one attached hydrogen (secondary N) is 1. The molecule has 0 aromatic carbocycles. The second-order valence-electron chi connectivity index (χ2n) is 6.82. The van der Waals surface area contributed by atoms with Crippen molar-refractivity contribution in [3.8, 4) is 0 Å². The number of rotatable bonds is 4. The minimum Gasteiger partial charge on any atom is -0.467 e. The molecule has 0 radical (unpaired) electrons. The highest BCUT2D eigenvalue weighted by Crippen LogP contribution is 2.22. The SMILES string of the molecule is COC(=O)[C@@H](CCC(C)(C)C)NC(=O)OC(C)(C)C. The van der Waals surface area contributed by atoms with Crippen LogP contribution in [0.4, 0.5) is 4.79 Å². The maximum absolute atomic E-state index is 11.7. The minimum absolute atomic E-state index is 0.0852. The van der Waals surface area contributed by atoms with Gasteiger partial charge in [0, 0.05) is 0 Å². The number of hydrogen-bond donors (Lipinski definition) is 1. The summed E-state index contributed by atoms with van der Waals surface area (Å²) in [5.41, 5.74) is -0.503. The van der Waals surface area contributed by atoms with E-state index in [4.69, 9.17) is 9.47 Å². The molecule has 0 heterocycles. The molecular formula is C14H27NO4. The molecule has 0 aromatic rings. The summed E-state index contributed by atoms with van der Waals surface area (Å²) in [4.78, 5) is 23.3. The van der Waals surface area contributed by atoms with Gasteiger partial charge in [-0.25, -0.2) is 9.59 Å². The Hall–Kier alpha value is -1.26. The monoisotopic (exact) mass is 273 g/mol. The zero-order valence-electron chi connectivity index (χ0n) is 13.1. The lowest BCUT2D eigenvalue weighted by Crippen LogP contribution is -2.44. The molecule has 19 heavy (non-hydrogen) atoms. The third kappa shape index (κ3) is 9.33. The Morgan fingerprint density at radius 2 is 1.63 bits per heavy atom. The van der Waals surface area contributed by atoms with Crippen molar-refractivity contribution in [2.75, 3.05) is 7.11 Å². The van der Waals surface area contributed by atoms with Crippen LogP contribution in [0.2, 0.25) is 0 Å². The predicted octanol–water partition coefficient (Wildman–Crippen LogP) is 2.88. The molecule has 1 N–H and O–H groups in total. The highest BCUT2D eigenvalue weighted by Gasteiger charge is 2.26. The van der Waals surface area contributed by atoms with Crippen LogP contribution in [-0.2, 0) is 14.3 Å². The first kappa shape index (κ1) is 17.7. The van der Waals surface area contributed by atoms with Crippen molar-refractivity contribution in [1.82, 2.24) is 5.32 Å². The summed E-state index contributed by atoms with van der Waals surface area (Å²) >= 11 is 0. The van der Waals surface area contributed by atoms with Crippen LogP contribution in [0.25, 0.3) is 0 Å². The van der Waals surface area contributed by atoms with Gasteiger partial charge in [-0.1, -0.05) is 20.8 Å². The van der Waals surface area contributed by atoms with E-state index in [0.29, 0.717) is 6.42 Å². The van der Waals surface area contributed by atoms with Gasteiger partial charge in [-0.05, 0) is 39.0 Å². The Kier molecular flexibility index (Phi) is 6.33. The summed E-state index contributed by atoms with van der Waals surface area (Å²) in [6, 6.07) is -0.668. The first-order valence-corrected chi connectivity index (χ1v) is 6.52. The van der Waals surface area contributed by atoms with Gasteiger partial charge in [-0.2, -0.15) is 0 Å². The van der Waals surface area contributed by atoms with Gasteiger partial charge in [0.05, 0.1) is 7.11 Å². The van der Waals surface area contributed by atoms with Gasteiger partial charge >= 0.3 is 12.1 Å². The van der Waals surface area contributed by atoms with Crippen LogP contribution >= 0.6 is 0 Å². The van der Waals surface area contributed by atoms with Gasteiger partial charge in [-0.15, -0.1) is 0 Å². The Labute approximate surface area is 116 Å². The molecule has 1 amide bonds. The Morgan fingerprint density at radius 1 is 1.11 bits per heavy atom. The van der Waals surface area contributed by atoms with Crippen LogP contribution in [0.3, 0.4) is 0 Å². The molecular weight excluding hydrogens is 246 g/mol. The lowest BCUT2D eigenvalue weighted by molar-refractivity contribution is -0.143. The fourth-order valence-corrected chi connectivity index (χ4v) is 1.42. The quantitative estimate of drug-likeness (QED) is 0.800. The normalized spacial score (nSPS) is 13.6. The van der Waals surface area contributed by atoms with Gasteiger partial charge < -0.3 is 14.8 Å². The van der Waals surface area contributed by atoms with Crippen LogP contribution in [0.1, 0.15) is 54.4 Å². The van der Waals surface area contributed by atoms with E-state index in [-0.39, 0.29) is 5.41 Å². The molecule has 5 heteroatoms.